The Labute approximate surface area is 119 Å². The molecule has 20 heavy (non-hydrogen) atoms. The summed E-state index contributed by atoms with van der Waals surface area (Å²) in [5, 5.41) is 3.12. The first-order valence-corrected chi connectivity index (χ1v) is 7.03. The van der Waals surface area contributed by atoms with E-state index in [1.807, 2.05) is 30.0 Å². The van der Waals surface area contributed by atoms with Gasteiger partial charge in [0.1, 0.15) is 5.82 Å². The first kappa shape index (κ1) is 13.2. The zero-order valence-corrected chi connectivity index (χ0v) is 12.5. The van der Waals surface area contributed by atoms with E-state index in [9.17, 15) is 0 Å². The van der Waals surface area contributed by atoms with Gasteiger partial charge in [0.2, 0.25) is 0 Å². The number of likely N-dealkylation sites (N-methyl/N-ethyl adjacent to an activating group) is 1. The van der Waals surface area contributed by atoms with E-state index in [-0.39, 0.29) is 0 Å². The van der Waals surface area contributed by atoms with Crippen molar-refractivity contribution < 1.29 is 0 Å². The molecule has 0 aromatic carbocycles. The largest absolute Gasteiger partial charge is 0.372 e. The van der Waals surface area contributed by atoms with Crippen LogP contribution in [0.2, 0.25) is 0 Å². The molecule has 1 aliphatic rings. The lowest BCUT2D eigenvalue weighted by Crippen LogP contribution is -2.34. The molecule has 0 amide bonds. The smallest absolute Gasteiger partial charge is 0.180 e. The predicted octanol–water partition coefficient (Wildman–Crippen LogP) is 1.16. The van der Waals surface area contributed by atoms with Gasteiger partial charge in [-0.25, -0.2) is 9.97 Å². The molecule has 1 aliphatic heterocycles. The summed E-state index contributed by atoms with van der Waals surface area (Å²) in [6.07, 6.45) is 5.75. The third-order valence-electron chi connectivity index (χ3n) is 4.15. The van der Waals surface area contributed by atoms with Gasteiger partial charge in [0.05, 0.1) is 6.20 Å². The van der Waals surface area contributed by atoms with E-state index in [1.54, 1.807) is 0 Å². The van der Waals surface area contributed by atoms with Crippen molar-refractivity contribution in [1.82, 2.24) is 19.3 Å². The monoisotopic (exact) mass is 274 g/mol. The van der Waals surface area contributed by atoms with E-state index in [0.717, 1.165) is 30.4 Å². The van der Waals surface area contributed by atoms with Crippen molar-refractivity contribution in [2.24, 2.45) is 5.92 Å². The van der Waals surface area contributed by atoms with Gasteiger partial charge in [-0.1, -0.05) is 6.92 Å². The first-order chi connectivity index (χ1) is 9.60. The van der Waals surface area contributed by atoms with Crippen molar-refractivity contribution in [2.75, 3.05) is 44.4 Å². The van der Waals surface area contributed by atoms with Crippen LogP contribution >= 0.6 is 0 Å². The van der Waals surface area contributed by atoms with Gasteiger partial charge in [-0.05, 0) is 20.0 Å². The number of hydrogen-bond donors (Lipinski definition) is 1. The van der Waals surface area contributed by atoms with Crippen LogP contribution < -0.4 is 10.2 Å². The molecular formula is C14H22N6. The summed E-state index contributed by atoms with van der Waals surface area (Å²) in [4.78, 5) is 13.8. The average molecular weight is 274 g/mol. The lowest BCUT2D eigenvalue weighted by Gasteiger charge is -2.23. The molecule has 3 rings (SSSR count). The Kier molecular flexibility index (Phi) is 3.25. The minimum absolute atomic E-state index is 0.560. The topological polar surface area (TPSA) is 48.7 Å². The molecule has 0 radical (unpaired) electrons. The predicted molar refractivity (Wildman–Crippen MR) is 81.4 cm³/mol. The second-order valence-electron chi connectivity index (χ2n) is 5.77. The Morgan fingerprint density at radius 2 is 2.15 bits per heavy atom. The fraction of sp³-hybridized carbons (Fsp3) is 0.571. The van der Waals surface area contributed by atoms with E-state index in [2.05, 4.69) is 41.1 Å². The molecule has 2 aromatic heterocycles. The molecule has 0 saturated carbocycles. The summed E-state index contributed by atoms with van der Waals surface area (Å²) in [6.45, 7) is 4.32. The van der Waals surface area contributed by atoms with E-state index in [4.69, 9.17) is 4.98 Å². The fourth-order valence-electron chi connectivity index (χ4n) is 3.04. The highest BCUT2D eigenvalue weighted by atomic mass is 15.3. The van der Waals surface area contributed by atoms with Gasteiger partial charge in [-0.15, -0.1) is 0 Å². The van der Waals surface area contributed by atoms with Gasteiger partial charge in [0, 0.05) is 38.6 Å². The van der Waals surface area contributed by atoms with Gasteiger partial charge in [0.15, 0.2) is 11.5 Å². The summed E-state index contributed by atoms with van der Waals surface area (Å²) < 4.78 is 2.03. The van der Waals surface area contributed by atoms with Gasteiger partial charge in [-0.3, -0.25) is 0 Å². The SMILES string of the molecule is CNc1cn2ccnc2c(N2CC(C)C(N(C)C)C2)n1. The number of hydrogen-bond acceptors (Lipinski definition) is 5. The molecular weight excluding hydrogens is 252 g/mol. The highest BCUT2D eigenvalue weighted by molar-refractivity contribution is 5.67. The van der Waals surface area contributed by atoms with Crippen LogP contribution in [-0.2, 0) is 0 Å². The standard InChI is InChI=1S/C14H22N6/c1-10-7-20(8-11(10)18(3)4)14-13-16-5-6-19(13)9-12(15-2)17-14/h5-6,9-11,15H,7-8H2,1-4H3. The number of fused-ring (bicyclic) bond motifs is 1. The third kappa shape index (κ3) is 2.10. The van der Waals surface area contributed by atoms with Crippen molar-refractivity contribution in [3.05, 3.63) is 18.6 Å². The Balaban J connectivity index is 2.00. The second kappa shape index (κ2) is 4.94. The van der Waals surface area contributed by atoms with Crippen molar-refractivity contribution >= 4 is 17.3 Å². The minimum Gasteiger partial charge on any atom is -0.372 e. The number of nitrogens with zero attached hydrogens (tertiary/aromatic N) is 5. The van der Waals surface area contributed by atoms with Crippen LogP contribution in [0.4, 0.5) is 11.6 Å². The summed E-state index contributed by atoms with van der Waals surface area (Å²) in [7, 11) is 6.19. The third-order valence-corrected chi connectivity index (χ3v) is 4.15. The van der Waals surface area contributed by atoms with Crippen LogP contribution in [0.15, 0.2) is 18.6 Å². The lowest BCUT2D eigenvalue weighted by molar-refractivity contribution is 0.266. The van der Waals surface area contributed by atoms with Crippen LogP contribution in [-0.4, -0.2) is 59.5 Å². The molecule has 2 atom stereocenters. The number of aromatic nitrogens is 3. The lowest BCUT2D eigenvalue weighted by atomic mass is 10.1. The van der Waals surface area contributed by atoms with Crippen molar-refractivity contribution in [2.45, 2.75) is 13.0 Å². The van der Waals surface area contributed by atoms with Crippen LogP contribution in [0.5, 0.6) is 0 Å². The Morgan fingerprint density at radius 3 is 2.80 bits per heavy atom. The minimum atomic E-state index is 0.560. The molecule has 1 fully saturated rings. The maximum atomic E-state index is 4.71. The molecule has 0 spiro atoms. The van der Waals surface area contributed by atoms with E-state index in [1.165, 1.54) is 0 Å². The van der Waals surface area contributed by atoms with Gasteiger partial charge >= 0.3 is 0 Å². The van der Waals surface area contributed by atoms with Crippen molar-refractivity contribution in [3.8, 4) is 0 Å². The zero-order chi connectivity index (χ0) is 14.3. The molecule has 2 unspecified atom stereocenters. The molecule has 108 valence electrons. The summed E-state index contributed by atoms with van der Waals surface area (Å²) >= 11 is 0. The highest BCUT2D eigenvalue weighted by Gasteiger charge is 2.33. The number of rotatable bonds is 3. The number of anilines is 2. The Bertz CT molecular complexity index is 605. The molecule has 3 heterocycles. The molecule has 1 N–H and O–H groups in total. The molecule has 0 aliphatic carbocycles. The van der Waals surface area contributed by atoms with Crippen LogP contribution in [0.25, 0.3) is 5.65 Å². The van der Waals surface area contributed by atoms with Crippen molar-refractivity contribution in [1.29, 1.82) is 0 Å². The van der Waals surface area contributed by atoms with E-state index in [0.29, 0.717) is 12.0 Å². The summed E-state index contributed by atoms with van der Waals surface area (Å²) in [5.74, 6) is 2.46. The molecule has 0 bridgehead atoms. The molecule has 6 nitrogen and oxygen atoms in total. The van der Waals surface area contributed by atoms with Gasteiger partial charge < -0.3 is 19.5 Å². The average Bonchev–Trinajstić information content (AvgIpc) is 3.03. The van der Waals surface area contributed by atoms with E-state index >= 15 is 0 Å². The van der Waals surface area contributed by atoms with Crippen molar-refractivity contribution in [3.63, 3.8) is 0 Å². The Morgan fingerprint density at radius 1 is 1.35 bits per heavy atom. The van der Waals surface area contributed by atoms with Crippen LogP contribution in [0.1, 0.15) is 6.92 Å². The highest BCUT2D eigenvalue weighted by Crippen LogP contribution is 2.28. The second-order valence-corrected chi connectivity index (χ2v) is 5.77. The van der Waals surface area contributed by atoms with Crippen LogP contribution in [0.3, 0.4) is 0 Å². The van der Waals surface area contributed by atoms with Crippen LogP contribution in [0, 0.1) is 5.92 Å². The normalized spacial score (nSPS) is 22.9. The maximum Gasteiger partial charge on any atom is 0.180 e. The molecule has 1 saturated heterocycles. The quantitative estimate of drug-likeness (QED) is 0.910. The Hall–Kier alpha value is -1.82. The van der Waals surface area contributed by atoms with E-state index < -0.39 is 0 Å². The summed E-state index contributed by atoms with van der Waals surface area (Å²) in [5.41, 5.74) is 0.926. The fourth-order valence-corrected chi connectivity index (χ4v) is 3.04. The van der Waals surface area contributed by atoms with Gasteiger partial charge in [-0.2, -0.15) is 0 Å². The number of imidazole rings is 1. The molecule has 6 heteroatoms. The summed E-state index contributed by atoms with van der Waals surface area (Å²) in [6, 6.07) is 0.560. The number of nitrogens with one attached hydrogen (secondary N) is 1. The first-order valence-electron chi connectivity index (χ1n) is 7.03. The zero-order valence-electron chi connectivity index (χ0n) is 12.5. The maximum absolute atomic E-state index is 4.71. The molecule has 2 aromatic rings. The van der Waals surface area contributed by atoms with Gasteiger partial charge in [0.25, 0.3) is 0 Å².